The molecule has 0 bridgehead atoms. The minimum absolute atomic E-state index is 0.183. The average Bonchev–Trinajstić information content (AvgIpc) is 2.76. The van der Waals surface area contributed by atoms with Gasteiger partial charge in [-0.1, -0.05) is 30.3 Å². The molecule has 0 fully saturated rings. The molecule has 0 aliphatic heterocycles. The summed E-state index contributed by atoms with van der Waals surface area (Å²) in [5.41, 5.74) is 6.94. The molecule has 3 aromatic carbocycles. The summed E-state index contributed by atoms with van der Waals surface area (Å²) in [7, 11) is 3.70. The first-order valence-electron chi connectivity index (χ1n) is 10.1. The quantitative estimate of drug-likeness (QED) is 0.474. The van der Waals surface area contributed by atoms with Crippen molar-refractivity contribution in [2.24, 2.45) is 5.73 Å². The molecule has 7 nitrogen and oxygen atoms in total. The number of nitrogens with one attached hydrogen (secondary N) is 1. The van der Waals surface area contributed by atoms with Crippen molar-refractivity contribution < 1.29 is 14.4 Å². The maximum absolute atomic E-state index is 12.9. The standard InChI is InChI=1S/C24H24N4O3/c1-27(13-16-7-8-18-12-19(31-2)10-9-17(18)11-16)15-23-26-21-6-4-3-5-20(21)24(30)28(23)14-22(25)29/h3-12H,13-15H2,1-2H3,(H2,25,29)/p+1. The first-order valence-corrected chi connectivity index (χ1v) is 10.1. The third kappa shape index (κ3) is 4.41. The normalized spacial score (nSPS) is 12.2. The van der Waals surface area contributed by atoms with Gasteiger partial charge in [0.1, 0.15) is 25.4 Å². The summed E-state index contributed by atoms with van der Waals surface area (Å²) >= 11 is 0. The van der Waals surface area contributed by atoms with E-state index in [-0.39, 0.29) is 12.1 Å². The van der Waals surface area contributed by atoms with Crippen LogP contribution in [0.15, 0.2) is 65.5 Å². The molecule has 7 heteroatoms. The molecule has 0 saturated carbocycles. The Morgan fingerprint density at radius 1 is 1.06 bits per heavy atom. The van der Waals surface area contributed by atoms with E-state index in [4.69, 9.17) is 10.5 Å². The second-order valence-corrected chi connectivity index (χ2v) is 7.76. The number of methoxy groups -OCH3 is 1. The molecule has 158 valence electrons. The van der Waals surface area contributed by atoms with E-state index < -0.39 is 5.91 Å². The number of aromatic nitrogens is 2. The molecule has 1 amide bonds. The maximum atomic E-state index is 12.9. The third-order valence-corrected chi connectivity index (χ3v) is 5.33. The van der Waals surface area contributed by atoms with Crippen molar-refractivity contribution in [1.82, 2.24) is 9.55 Å². The Kier molecular flexibility index (Phi) is 5.68. The lowest BCUT2D eigenvalue weighted by molar-refractivity contribution is -0.908. The number of benzene rings is 3. The highest BCUT2D eigenvalue weighted by Crippen LogP contribution is 2.21. The van der Waals surface area contributed by atoms with Gasteiger partial charge >= 0.3 is 0 Å². The molecule has 4 aromatic rings. The zero-order valence-electron chi connectivity index (χ0n) is 17.6. The van der Waals surface area contributed by atoms with Crippen LogP contribution < -0.4 is 20.9 Å². The minimum atomic E-state index is -0.567. The van der Waals surface area contributed by atoms with E-state index in [0.717, 1.165) is 28.0 Å². The fourth-order valence-electron chi connectivity index (χ4n) is 3.86. The van der Waals surface area contributed by atoms with Crippen molar-refractivity contribution in [3.8, 4) is 5.75 Å². The highest BCUT2D eigenvalue weighted by molar-refractivity contribution is 5.84. The van der Waals surface area contributed by atoms with Crippen LogP contribution in [0.1, 0.15) is 11.4 Å². The third-order valence-electron chi connectivity index (χ3n) is 5.33. The summed E-state index contributed by atoms with van der Waals surface area (Å²) < 4.78 is 6.68. The Labute approximate surface area is 179 Å². The first-order chi connectivity index (χ1) is 14.9. The predicted octanol–water partition coefficient (Wildman–Crippen LogP) is 1.26. The molecule has 1 unspecified atom stereocenters. The molecule has 1 heterocycles. The van der Waals surface area contributed by atoms with Gasteiger partial charge in [0.15, 0.2) is 5.82 Å². The number of nitrogens with zero attached hydrogens (tertiary/aromatic N) is 2. The number of nitrogens with two attached hydrogens (primary N) is 1. The van der Waals surface area contributed by atoms with E-state index in [9.17, 15) is 9.59 Å². The van der Waals surface area contributed by atoms with Crippen molar-refractivity contribution in [3.63, 3.8) is 0 Å². The Morgan fingerprint density at radius 3 is 2.58 bits per heavy atom. The molecule has 0 aliphatic carbocycles. The number of fused-ring (bicyclic) bond motifs is 2. The summed E-state index contributed by atoms with van der Waals surface area (Å²) in [5.74, 6) is 0.811. The number of primary amides is 1. The molecule has 1 atom stereocenters. The van der Waals surface area contributed by atoms with Gasteiger partial charge in [-0.15, -0.1) is 0 Å². The van der Waals surface area contributed by atoms with Crippen molar-refractivity contribution in [2.75, 3.05) is 14.2 Å². The largest absolute Gasteiger partial charge is 0.497 e. The minimum Gasteiger partial charge on any atom is -0.497 e. The van der Waals surface area contributed by atoms with E-state index in [1.54, 1.807) is 19.2 Å². The Hall–Kier alpha value is -3.71. The second kappa shape index (κ2) is 8.57. The monoisotopic (exact) mass is 417 g/mol. The molecule has 0 aliphatic rings. The number of amides is 1. The van der Waals surface area contributed by atoms with Gasteiger partial charge in [0.25, 0.3) is 5.56 Å². The van der Waals surface area contributed by atoms with E-state index in [0.29, 0.717) is 23.3 Å². The lowest BCUT2D eigenvalue weighted by Crippen LogP contribution is -3.06. The fraction of sp³-hybridized carbons (Fsp3) is 0.208. The van der Waals surface area contributed by atoms with Crippen LogP contribution in [-0.4, -0.2) is 29.6 Å². The maximum Gasteiger partial charge on any atom is 0.262 e. The highest BCUT2D eigenvalue weighted by Gasteiger charge is 2.16. The molecule has 31 heavy (non-hydrogen) atoms. The van der Waals surface area contributed by atoms with Gasteiger partial charge in [0.2, 0.25) is 5.91 Å². The number of ether oxygens (including phenoxy) is 1. The van der Waals surface area contributed by atoms with Crippen LogP contribution in [0, 0.1) is 0 Å². The van der Waals surface area contributed by atoms with E-state index in [1.165, 1.54) is 10.1 Å². The summed E-state index contributed by atoms with van der Waals surface area (Å²) in [5, 5.41) is 2.74. The van der Waals surface area contributed by atoms with Crippen LogP contribution in [0.2, 0.25) is 0 Å². The van der Waals surface area contributed by atoms with Gasteiger partial charge in [-0.25, -0.2) is 4.98 Å². The smallest absolute Gasteiger partial charge is 0.262 e. The number of carbonyl (C=O) groups is 1. The Balaban J connectivity index is 1.62. The first kappa shape index (κ1) is 20.6. The van der Waals surface area contributed by atoms with Crippen LogP contribution in [0.4, 0.5) is 0 Å². The Bertz CT molecular complexity index is 1330. The van der Waals surface area contributed by atoms with E-state index >= 15 is 0 Å². The summed E-state index contributed by atoms with van der Waals surface area (Å²) in [6, 6.07) is 19.5. The zero-order chi connectivity index (χ0) is 22.0. The number of hydrogen-bond donors (Lipinski definition) is 2. The lowest BCUT2D eigenvalue weighted by atomic mass is 10.1. The number of para-hydroxylation sites is 1. The van der Waals surface area contributed by atoms with Crippen molar-refractivity contribution in [3.05, 3.63) is 82.4 Å². The van der Waals surface area contributed by atoms with Crippen LogP contribution in [0.3, 0.4) is 0 Å². The van der Waals surface area contributed by atoms with Crippen molar-refractivity contribution in [1.29, 1.82) is 0 Å². The predicted molar refractivity (Wildman–Crippen MR) is 120 cm³/mol. The van der Waals surface area contributed by atoms with Crippen molar-refractivity contribution >= 4 is 27.6 Å². The lowest BCUT2D eigenvalue weighted by Gasteiger charge is -2.17. The van der Waals surface area contributed by atoms with Gasteiger partial charge < -0.3 is 15.4 Å². The van der Waals surface area contributed by atoms with Gasteiger partial charge in [-0.3, -0.25) is 14.2 Å². The number of carbonyl (C=O) groups excluding carboxylic acids is 1. The van der Waals surface area contributed by atoms with Crippen LogP contribution in [0.25, 0.3) is 21.7 Å². The topological polar surface area (TPSA) is 91.7 Å². The summed E-state index contributed by atoms with van der Waals surface area (Å²) in [4.78, 5) is 30.3. The molecule has 0 spiro atoms. The van der Waals surface area contributed by atoms with E-state index in [1.807, 2.05) is 37.4 Å². The van der Waals surface area contributed by atoms with Gasteiger partial charge in [0, 0.05) is 5.56 Å². The zero-order valence-corrected chi connectivity index (χ0v) is 17.6. The molecular formula is C24H25N4O3+. The number of quaternary nitrogens is 1. The second-order valence-electron chi connectivity index (χ2n) is 7.76. The highest BCUT2D eigenvalue weighted by atomic mass is 16.5. The molecular weight excluding hydrogens is 392 g/mol. The van der Waals surface area contributed by atoms with Crippen LogP contribution >= 0.6 is 0 Å². The fourth-order valence-corrected chi connectivity index (χ4v) is 3.86. The summed E-state index contributed by atoms with van der Waals surface area (Å²) in [6.45, 7) is 1.03. The molecule has 0 radical (unpaired) electrons. The number of rotatable bonds is 7. The van der Waals surface area contributed by atoms with E-state index in [2.05, 4.69) is 23.2 Å². The molecule has 0 saturated heterocycles. The molecule has 4 rings (SSSR count). The van der Waals surface area contributed by atoms with Crippen LogP contribution in [-0.2, 0) is 24.4 Å². The van der Waals surface area contributed by atoms with Gasteiger partial charge in [-0.2, -0.15) is 0 Å². The average molecular weight is 417 g/mol. The van der Waals surface area contributed by atoms with Crippen LogP contribution in [0.5, 0.6) is 5.75 Å². The molecule has 1 aromatic heterocycles. The Morgan fingerprint density at radius 2 is 1.81 bits per heavy atom. The molecule has 3 N–H and O–H groups in total. The van der Waals surface area contributed by atoms with Crippen molar-refractivity contribution in [2.45, 2.75) is 19.6 Å². The SMILES string of the molecule is COc1ccc2cc(C[NH+](C)Cc3nc4ccccc4c(=O)n3CC(N)=O)ccc2c1. The van der Waals surface area contributed by atoms with Gasteiger partial charge in [-0.05, 0) is 41.1 Å². The summed E-state index contributed by atoms with van der Waals surface area (Å²) in [6.07, 6.45) is 0. The van der Waals surface area contributed by atoms with Gasteiger partial charge in [0.05, 0.1) is 25.1 Å². The number of hydrogen-bond acceptors (Lipinski definition) is 4.